The van der Waals surface area contributed by atoms with Gasteiger partial charge in [0.15, 0.2) is 0 Å². The molecule has 0 aliphatic heterocycles. The molecule has 0 amide bonds. The van der Waals surface area contributed by atoms with Gasteiger partial charge in [0.25, 0.3) is 0 Å². The summed E-state index contributed by atoms with van der Waals surface area (Å²) in [7, 11) is 0. The molecule has 4 heteroatoms. The van der Waals surface area contributed by atoms with Crippen molar-refractivity contribution in [1.82, 2.24) is 9.78 Å². The second kappa shape index (κ2) is 5.87. The largest absolute Gasteiger partial charge is 0.379 e. The van der Waals surface area contributed by atoms with E-state index in [1.807, 2.05) is 11.6 Å². The van der Waals surface area contributed by atoms with Crippen LogP contribution in [0.25, 0.3) is 0 Å². The Bertz CT molecular complexity index is 561. The SMILES string of the molecule is CCc1cc(CNc2ccc(F)cc2C)n(CC)n1. The molecule has 2 rings (SSSR count). The molecule has 0 saturated carbocycles. The van der Waals surface area contributed by atoms with Crippen molar-refractivity contribution in [3.8, 4) is 0 Å². The lowest BCUT2D eigenvalue weighted by atomic mass is 10.2. The fraction of sp³-hybridized carbons (Fsp3) is 0.400. The van der Waals surface area contributed by atoms with E-state index in [0.29, 0.717) is 6.54 Å². The number of rotatable bonds is 5. The summed E-state index contributed by atoms with van der Waals surface area (Å²) in [6.45, 7) is 7.65. The molecule has 0 bridgehead atoms. The minimum atomic E-state index is -0.199. The molecule has 2 aromatic rings. The van der Waals surface area contributed by atoms with E-state index in [4.69, 9.17) is 0 Å². The van der Waals surface area contributed by atoms with E-state index in [9.17, 15) is 4.39 Å². The van der Waals surface area contributed by atoms with E-state index in [2.05, 4.69) is 30.3 Å². The number of halogens is 1. The van der Waals surface area contributed by atoms with E-state index in [0.717, 1.165) is 35.6 Å². The minimum Gasteiger partial charge on any atom is -0.379 e. The van der Waals surface area contributed by atoms with Crippen molar-refractivity contribution in [3.05, 3.63) is 47.0 Å². The van der Waals surface area contributed by atoms with Crippen LogP contribution >= 0.6 is 0 Å². The molecule has 0 spiro atoms. The van der Waals surface area contributed by atoms with Gasteiger partial charge >= 0.3 is 0 Å². The topological polar surface area (TPSA) is 29.9 Å². The lowest BCUT2D eigenvalue weighted by Crippen LogP contribution is -2.08. The summed E-state index contributed by atoms with van der Waals surface area (Å²) in [5.41, 5.74) is 4.14. The van der Waals surface area contributed by atoms with Gasteiger partial charge in [-0.1, -0.05) is 6.92 Å². The highest BCUT2D eigenvalue weighted by atomic mass is 19.1. The van der Waals surface area contributed by atoms with Crippen LogP contribution in [0.2, 0.25) is 0 Å². The molecule has 3 nitrogen and oxygen atoms in total. The predicted octanol–water partition coefficient (Wildman–Crippen LogP) is 3.53. The Balaban J connectivity index is 2.11. The number of aryl methyl sites for hydroxylation is 3. The standard InChI is InChI=1S/C15H20FN3/c1-4-13-9-14(19(5-2)18-13)10-17-15-7-6-12(16)8-11(15)3/h6-9,17H,4-5,10H2,1-3H3. The molecule has 1 aromatic carbocycles. The zero-order valence-corrected chi connectivity index (χ0v) is 11.7. The molecule has 0 atom stereocenters. The molecular weight excluding hydrogens is 241 g/mol. The summed E-state index contributed by atoms with van der Waals surface area (Å²) in [6.07, 6.45) is 0.940. The van der Waals surface area contributed by atoms with Crippen LogP contribution in [-0.2, 0) is 19.5 Å². The van der Waals surface area contributed by atoms with Crippen LogP contribution in [-0.4, -0.2) is 9.78 Å². The van der Waals surface area contributed by atoms with Crippen LogP contribution in [0.15, 0.2) is 24.3 Å². The quantitative estimate of drug-likeness (QED) is 0.892. The van der Waals surface area contributed by atoms with Gasteiger partial charge in [0.1, 0.15) is 5.82 Å². The highest BCUT2D eigenvalue weighted by Crippen LogP contribution is 2.17. The summed E-state index contributed by atoms with van der Waals surface area (Å²) < 4.78 is 15.0. The molecular formula is C15H20FN3. The van der Waals surface area contributed by atoms with E-state index >= 15 is 0 Å². The Morgan fingerprint density at radius 1 is 1.26 bits per heavy atom. The lowest BCUT2D eigenvalue weighted by Gasteiger charge is -2.10. The van der Waals surface area contributed by atoms with Crippen LogP contribution in [0.4, 0.5) is 10.1 Å². The van der Waals surface area contributed by atoms with Crippen molar-refractivity contribution in [2.45, 2.75) is 40.3 Å². The first-order valence-corrected chi connectivity index (χ1v) is 6.69. The summed E-state index contributed by atoms with van der Waals surface area (Å²) >= 11 is 0. The van der Waals surface area contributed by atoms with Gasteiger partial charge in [0.05, 0.1) is 17.9 Å². The van der Waals surface area contributed by atoms with Gasteiger partial charge in [-0.25, -0.2) is 4.39 Å². The van der Waals surface area contributed by atoms with Crippen molar-refractivity contribution in [2.75, 3.05) is 5.32 Å². The average molecular weight is 261 g/mol. The monoisotopic (exact) mass is 261 g/mol. The molecule has 1 aromatic heterocycles. The van der Waals surface area contributed by atoms with Gasteiger partial charge in [0, 0.05) is 12.2 Å². The third kappa shape index (κ3) is 3.13. The number of benzene rings is 1. The second-order valence-electron chi connectivity index (χ2n) is 4.61. The van der Waals surface area contributed by atoms with Crippen LogP contribution in [0.3, 0.4) is 0 Å². The molecule has 19 heavy (non-hydrogen) atoms. The zero-order chi connectivity index (χ0) is 13.8. The van der Waals surface area contributed by atoms with Gasteiger partial charge in [-0.05, 0) is 50.1 Å². The van der Waals surface area contributed by atoms with E-state index < -0.39 is 0 Å². The maximum Gasteiger partial charge on any atom is 0.123 e. The molecule has 0 aliphatic rings. The fourth-order valence-electron chi connectivity index (χ4n) is 2.12. The first-order chi connectivity index (χ1) is 9.13. The average Bonchev–Trinajstić information content (AvgIpc) is 2.80. The van der Waals surface area contributed by atoms with Gasteiger partial charge in [0.2, 0.25) is 0 Å². The highest BCUT2D eigenvalue weighted by molar-refractivity contribution is 5.50. The third-order valence-corrected chi connectivity index (χ3v) is 3.22. The first-order valence-electron chi connectivity index (χ1n) is 6.69. The van der Waals surface area contributed by atoms with Crippen LogP contribution < -0.4 is 5.32 Å². The third-order valence-electron chi connectivity index (χ3n) is 3.22. The van der Waals surface area contributed by atoms with E-state index in [-0.39, 0.29) is 5.82 Å². The number of hydrogen-bond donors (Lipinski definition) is 1. The smallest absolute Gasteiger partial charge is 0.123 e. The molecule has 102 valence electrons. The fourth-order valence-corrected chi connectivity index (χ4v) is 2.12. The zero-order valence-electron chi connectivity index (χ0n) is 11.7. The van der Waals surface area contributed by atoms with Crippen molar-refractivity contribution < 1.29 is 4.39 Å². The van der Waals surface area contributed by atoms with Crippen molar-refractivity contribution in [1.29, 1.82) is 0 Å². The van der Waals surface area contributed by atoms with Crippen LogP contribution in [0, 0.1) is 12.7 Å². The Labute approximate surface area is 113 Å². The number of hydrogen-bond acceptors (Lipinski definition) is 2. The van der Waals surface area contributed by atoms with Crippen LogP contribution in [0.1, 0.15) is 30.8 Å². The number of aromatic nitrogens is 2. The first kappa shape index (κ1) is 13.6. The van der Waals surface area contributed by atoms with E-state index in [1.165, 1.54) is 12.1 Å². The summed E-state index contributed by atoms with van der Waals surface area (Å²) in [5, 5.41) is 7.85. The normalized spacial score (nSPS) is 10.7. The summed E-state index contributed by atoms with van der Waals surface area (Å²) in [6, 6.07) is 6.91. The molecule has 0 fully saturated rings. The number of anilines is 1. The summed E-state index contributed by atoms with van der Waals surface area (Å²) in [5.74, 6) is -0.199. The van der Waals surface area contributed by atoms with Gasteiger partial charge in [-0.3, -0.25) is 4.68 Å². The van der Waals surface area contributed by atoms with Crippen LogP contribution in [0.5, 0.6) is 0 Å². The summed E-state index contributed by atoms with van der Waals surface area (Å²) in [4.78, 5) is 0. The Morgan fingerprint density at radius 3 is 2.68 bits per heavy atom. The Kier molecular flexibility index (Phi) is 4.20. The lowest BCUT2D eigenvalue weighted by molar-refractivity contribution is 0.618. The number of nitrogens with zero attached hydrogens (tertiary/aromatic N) is 2. The molecule has 0 unspecified atom stereocenters. The second-order valence-corrected chi connectivity index (χ2v) is 4.61. The maximum absolute atomic E-state index is 13.0. The molecule has 0 radical (unpaired) electrons. The Hall–Kier alpha value is -1.84. The molecule has 0 saturated heterocycles. The Morgan fingerprint density at radius 2 is 2.05 bits per heavy atom. The minimum absolute atomic E-state index is 0.199. The van der Waals surface area contributed by atoms with Crippen molar-refractivity contribution >= 4 is 5.69 Å². The highest BCUT2D eigenvalue weighted by Gasteiger charge is 2.06. The van der Waals surface area contributed by atoms with Gasteiger partial charge < -0.3 is 5.32 Å². The molecule has 0 aliphatic carbocycles. The maximum atomic E-state index is 13.0. The predicted molar refractivity (Wildman–Crippen MR) is 75.7 cm³/mol. The van der Waals surface area contributed by atoms with Gasteiger partial charge in [-0.15, -0.1) is 0 Å². The number of nitrogens with one attached hydrogen (secondary N) is 1. The van der Waals surface area contributed by atoms with E-state index in [1.54, 1.807) is 6.07 Å². The molecule has 1 N–H and O–H groups in total. The molecule has 1 heterocycles. The van der Waals surface area contributed by atoms with Crippen molar-refractivity contribution in [2.24, 2.45) is 0 Å². The van der Waals surface area contributed by atoms with Gasteiger partial charge in [-0.2, -0.15) is 5.10 Å². The van der Waals surface area contributed by atoms with Crippen molar-refractivity contribution in [3.63, 3.8) is 0 Å².